The summed E-state index contributed by atoms with van der Waals surface area (Å²) in [4.78, 5) is 0. The third-order valence-corrected chi connectivity index (χ3v) is 2.31. The zero-order chi connectivity index (χ0) is 12.0. The molecule has 0 saturated heterocycles. The van der Waals surface area contributed by atoms with E-state index in [9.17, 15) is 4.39 Å². The van der Waals surface area contributed by atoms with Gasteiger partial charge in [-0.05, 0) is 42.6 Å². The van der Waals surface area contributed by atoms with Crippen LogP contribution < -0.4 is 5.32 Å². The van der Waals surface area contributed by atoms with Crippen LogP contribution in [0.1, 0.15) is 25.0 Å². The number of halogens is 1. The van der Waals surface area contributed by atoms with Crippen molar-refractivity contribution >= 4 is 6.08 Å². The summed E-state index contributed by atoms with van der Waals surface area (Å²) in [5.41, 5.74) is 1.74. The van der Waals surface area contributed by atoms with Crippen LogP contribution in [-0.2, 0) is 0 Å². The number of hydrogen-bond donors (Lipinski definition) is 1. The third-order valence-electron chi connectivity index (χ3n) is 2.31. The van der Waals surface area contributed by atoms with E-state index >= 15 is 0 Å². The Morgan fingerprint density at radius 3 is 2.75 bits per heavy atom. The first-order valence-corrected chi connectivity index (χ1v) is 5.73. The first-order valence-electron chi connectivity index (χ1n) is 5.73. The summed E-state index contributed by atoms with van der Waals surface area (Å²) < 4.78 is 13.0. The van der Waals surface area contributed by atoms with Gasteiger partial charge in [0.2, 0.25) is 0 Å². The molecule has 0 heterocycles. The second kappa shape index (κ2) is 6.44. The average Bonchev–Trinajstić information content (AvgIpc) is 2.22. The fraction of sp³-hybridized carbons (Fsp3) is 0.429. The molecule has 0 radical (unpaired) electrons. The number of aryl methyl sites for hydroxylation is 1. The quantitative estimate of drug-likeness (QED) is 0.751. The van der Waals surface area contributed by atoms with Gasteiger partial charge in [-0.1, -0.05) is 32.1 Å². The average molecular weight is 221 g/mol. The molecule has 0 saturated carbocycles. The van der Waals surface area contributed by atoms with Crippen LogP contribution in [0.5, 0.6) is 0 Å². The lowest BCUT2D eigenvalue weighted by atomic mass is 10.1. The highest BCUT2D eigenvalue weighted by Gasteiger charge is 1.95. The molecule has 0 aliphatic rings. The second-order valence-electron chi connectivity index (χ2n) is 4.46. The minimum Gasteiger partial charge on any atom is -0.313 e. The van der Waals surface area contributed by atoms with Crippen LogP contribution >= 0.6 is 0 Å². The second-order valence-corrected chi connectivity index (χ2v) is 4.46. The number of hydrogen-bond acceptors (Lipinski definition) is 1. The summed E-state index contributed by atoms with van der Waals surface area (Å²) in [7, 11) is 0. The third kappa shape index (κ3) is 4.58. The van der Waals surface area contributed by atoms with Gasteiger partial charge in [0.05, 0.1) is 0 Å². The van der Waals surface area contributed by atoms with E-state index in [0.29, 0.717) is 11.5 Å². The zero-order valence-electron chi connectivity index (χ0n) is 10.3. The van der Waals surface area contributed by atoms with E-state index < -0.39 is 0 Å². The fourth-order valence-electron chi connectivity index (χ4n) is 1.42. The Bertz CT molecular complexity index is 356. The van der Waals surface area contributed by atoms with Gasteiger partial charge in [0.1, 0.15) is 5.82 Å². The van der Waals surface area contributed by atoms with E-state index in [-0.39, 0.29) is 5.82 Å². The molecule has 0 amide bonds. The maximum absolute atomic E-state index is 13.0. The number of nitrogens with one attached hydrogen (secondary N) is 1. The topological polar surface area (TPSA) is 12.0 Å². The molecule has 1 N–H and O–H groups in total. The molecule has 1 rings (SSSR count). The van der Waals surface area contributed by atoms with E-state index in [1.807, 2.05) is 12.1 Å². The van der Waals surface area contributed by atoms with Gasteiger partial charge in [0, 0.05) is 6.54 Å². The Kier molecular flexibility index (Phi) is 5.20. The van der Waals surface area contributed by atoms with Gasteiger partial charge in [-0.3, -0.25) is 0 Å². The molecule has 0 unspecified atom stereocenters. The van der Waals surface area contributed by atoms with Crippen molar-refractivity contribution in [2.45, 2.75) is 20.8 Å². The summed E-state index contributed by atoms with van der Waals surface area (Å²) in [5, 5.41) is 3.32. The molecule has 0 spiro atoms. The highest BCUT2D eigenvalue weighted by Crippen LogP contribution is 2.10. The van der Waals surface area contributed by atoms with Crippen LogP contribution in [-0.4, -0.2) is 13.1 Å². The smallest absolute Gasteiger partial charge is 0.126 e. The Hall–Kier alpha value is -1.15. The van der Waals surface area contributed by atoms with Crippen LogP contribution in [0.25, 0.3) is 6.08 Å². The largest absolute Gasteiger partial charge is 0.313 e. The van der Waals surface area contributed by atoms with Crippen LogP contribution in [0.4, 0.5) is 4.39 Å². The Labute approximate surface area is 97.4 Å². The lowest BCUT2D eigenvalue weighted by Crippen LogP contribution is -2.19. The first-order chi connectivity index (χ1) is 7.59. The van der Waals surface area contributed by atoms with Crippen molar-refractivity contribution in [2.24, 2.45) is 5.92 Å². The normalized spacial score (nSPS) is 11.6. The van der Waals surface area contributed by atoms with E-state index in [1.165, 1.54) is 6.07 Å². The summed E-state index contributed by atoms with van der Waals surface area (Å²) in [6, 6.07) is 5.16. The molecule has 0 aliphatic carbocycles. The van der Waals surface area contributed by atoms with Crippen molar-refractivity contribution < 1.29 is 4.39 Å². The van der Waals surface area contributed by atoms with Crippen molar-refractivity contribution in [3.05, 3.63) is 41.2 Å². The summed E-state index contributed by atoms with van der Waals surface area (Å²) in [6.07, 6.45) is 4.08. The Morgan fingerprint density at radius 1 is 1.38 bits per heavy atom. The van der Waals surface area contributed by atoms with E-state index in [0.717, 1.165) is 18.7 Å². The molecule has 2 heteroatoms. The van der Waals surface area contributed by atoms with Crippen molar-refractivity contribution in [1.82, 2.24) is 5.32 Å². The first kappa shape index (κ1) is 12.9. The lowest BCUT2D eigenvalue weighted by molar-refractivity contribution is 0.577. The molecule has 16 heavy (non-hydrogen) atoms. The highest BCUT2D eigenvalue weighted by molar-refractivity contribution is 5.50. The maximum atomic E-state index is 13.0. The molecule has 1 aromatic rings. The zero-order valence-corrected chi connectivity index (χ0v) is 10.3. The molecule has 1 aromatic carbocycles. The molecule has 0 aliphatic heterocycles. The van der Waals surface area contributed by atoms with Crippen molar-refractivity contribution in [3.63, 3.8) is 0 Å². The van der Waals surface area contributed by atoms with E-state index in [4.69, 9.17) is 0 Å². The summed E-state index contributed by atoms with van der Waals surface area (Å²) >= 11 is 0. The minimum atomic E-state index is -0.143. The molecule has 0 fully saturated rings. The lowest BCUT2D eigenvalue weighted by Gasteiger charge is -2.03. The van der Waals surface area contributed by atoms with E-state index in [2.05, 4.69) is 25.2 Å². The number of benzene rings is 1. The summed E-state index contributed by atoms with van der Waals surface area (Å²) in [6.45, 7) is 8.02. The van der Waals surface area contributed by atoms with Gasteiger partial charge in [-0.15, -0.1) is 0 Å². The van der Waals surface area contributed by atoms with Crippen molar-refractivity contribution in [1.29, 1.82) is 0 Å². The molecule has 88 valence electrons. The molecule has 0 atom stereocenters. The summed E-state index contributed by atoms with van der Waals surface area (Å²) in [5.74, 6) is 0.525. The SMILES string of the molecule is Cc1cc(C=CCNCC(C)C)ccc1F. The van der Waals surface area contributed by atoms with Crippen LogP contribution in [0.15, 0.2) is 24.3 Å². The molecular weight excluding hydrogens is 201 g/mol. The fourth-order valence-corrected chi connectivity index (χ4v) is 1.42. The minimum absolute atomic E-state index is 0.143. The molecule has 0 bridgehead atoms. The van der Waals surface area contributed by atoms with Crippen LogP contribution in [0.3, 0.4) is 0 Å². The van der Waals surface area contributed by atoms with Gasteiger partial charge in [0.25, 0.3) is 0 Å². The molecule has 1 nitrogen and oxygen atoms in total. The van der Waals surface area contributed by atoms with Gasteiger partial charge in [-0.2, -0.15) is 0 Å². The number of rotatable bonds is 5. The Balaban J connectivity index is 2.41. The predicted octanol–water partition coefficient (Wildman–Crippen LogP) is 3.39. The Morgan fingerprint density at radius 2 is 2.12 bits per heavy atom. The predicted molar refractivity (Wildman–Crippen MR) is 67.9 cm³/mol. The van der Waals surface area contributed by atoms with Gasteiger partial charge in [-0.25, -0.2) is 4.39 Å². The van der Waals surface area contributed by atoms with Gasteiger partial charge < -0.3 is 5.32 Å². The highest BCUT2D eigenvalue weighted by atomic mass is 19.1. The monoisotopic (exact) mass is 221 g/mol. The van der Waals surface area contributed by atoms with Gasteiger partial charge >= 0.3 is 0 Å². The molecular formula is C14H20FN. The van der Waals surface area contributed by atoms with Crippen LogP contribution in [0.2, 0.25) is 0 Å². The standard InChI is InChI=1S/C14H20FN/c1-11(2)10-16-8-4-5-13-6-7-14(15)12(3)9-13/h4-7,9,11,16H,8,10H2,1-3H3. The van der Waals surface area contributed by atoms with Crippen molar-refractivity contribution in [3.8, 4) is 0 Å². The molecule has 0 aromatic heterocycles. The van der Waals surface area contributed by atoms with Gasteiger partial charge in [0.15, 0.2) is 0 Å². The maximum Gasteiger partial charge on any atom is 0.126 e. The van der Waals surface area contributed by atoms with E-state index in [1.54, 1.807) is 13.0 Å². The van der Waals surface area contributed by atoms with Crippen LogP contribution in [0, 0.1) is 18.7 Å². The van der Waals surface area contributed by atoms with Crippen molar-refractivity contribution in [2.75, 3.05) is 13.1 Å².